The van der Waals surface area contributed by atoms with Crippen molar-refractivity contribution in [2.75, 3.05) is 5.32 Å². The number of nitrogens with one attached hydrogen (secondary N) is 1. The molecule has 0 spiro atoms. The van der Waals surface area contributed by atoms with Gasteiger partial charge in [-0.3, -0.25) is 0 Å². The van der Waals surface area contributed by atoms with Gasteiger partial charge in [0.2, 0.25) is 10.0 Å². The lowest BCUT2D eigenvalue weighted by Gasteiger charge is -2.08. The second-order valence-electron chi connectivity index (χ2n) is 5.09. The fourth-order valence-electron chi connectivity index (χ4n) is 2.15. The van der Waals surface area contributed by atoms with Gasteiger partial charge in [0.15, 0.2) is 5.82 Å². The zero-order valence-corrected chi connectivity index (χ0v) is 13.2. The Morgan fingerprint density at radius 2 is 1.83 bits per heavy atom. The second-order valence-corrected chi connectivity index (χ2v) is 6.65. The van der Waals surface area contributed by atoms with E-state index in [-0.39, 0.29) is 4.90 Å². The Labute approximate surface area is 133 Å². The average Bonchev–Trinajstić information content (AvgIpc) is 2.52. The highest BCUT2D eigenvalue weighted by Gasteiger charge is 2.08. The summed E-state index contributed by atoms with van der Waals surface area (Å²) >= 11 is 0. The Kier molecular flexibility index (Phi) is 3.93. The molecule has 0 unspecified atom stereocenters. The van der Waals surface area contributed by atoms with Crippen LogP contribution in [0.3, 0.4) is 0 Å². The molecule has 8 heteroatoms. The van der Waals surface area contributed by atoms with Crippen LogP contribution in [-0.2, 0) is 16.6 Å². The lowest BCUT2D eigenvalue weighted by Crippen LogP contribution is -2.12. The number of benzene rings is 1. The average molecular weight is 329 g/mol. The summed E-state index contributed by atoms with van der Waals surface area (Å²) in [6.45, 7) is 2.38. The van der Waals surface area contributed by atoms with E-state index < -0.39 is 10.0 Å². The van der Waals surface area contributed by atoms with Crippen LogP contribution >= 0.6 is 0 Å². The number of nitrogens with zero attached hydrogens (tertiary/aromatic N) is 3. The van der Waals surface area contributed by atoms with E-state index in [9.17, 15) is 8.42 Å². The maximum Gasteiger partial charge on any atom is 0.238 e. The van der Waals surface area contributed by atoms with Gasteiger partial charge in [0.05, 0.1) is 10.4 Å². The summed E-state index contributed by atoms with van der Waals surface area (Å²) in [5, 5.41) is 8.27. The molecule has 0 amide bonds. The van der Waals surface area contributed by atoms with Crippen molar-refractivity contribution in [1.29, 1.82) is 0 Å². The molecule has 0 aliphatic heterocycles. The Morgan fingerprint density at radius 3 is 2.52 bits per heavy atom. The van der Waals surface area contributed by atoms with Crippen LogP contribution in [0.1, 0.15) is 11.3 Å². The molecule has 23 heavy (non-hydrogen) atoms. The van der Waals surface area contributed by atoms with Gasteiger partial charge in [-0.15, -0.1) is 0 Å². The largest absolute Gasteiger partial charge is 0.364 e. The van der Waals surface area contributed by atoms with Crippen LogP contribution in [0.15, 0.2) is 47.6 Å². The van der Waals surface area contributed by atoms with E-state index in [0.717, 1.165) is 16.8 Å². The Bertz CT molecular complexity index is 955. The zero-order chi connectivity index (χ0) is 16.4. The van der Waals surface area contributed by atoms with Gasteiger partial charge in [0.25, 0.3) is 0 Å². The number of hydrogen-bond acceptors (Lipinski definition) is 6. The number of fused-ring (bicyclic) bond motifs is 1. The van der Waals surface area contributed by atoms with Gasteiger partial charge in [-0.1, -0.05) is 12.1 Å². The van der Waals surface area contributed by atoms with Crippen LogP contribution in [0.2, 0.25) is 0 Å². The first-order chi connectivity index (χ1) is 10.9. The molecule has 3 aromatic rings. The molecule has 0 saturated heterocycles. The van der Waals surface area contributed by atoms with Crippen molar-refractivity contribution >= 4 is 26.9 Å². The van der Waals surface area contributed by atoms with E-state index in [1.165, 1.54) is 18.5 Å². The molecule has 0 aliphatic carbocycles. The molecule has 3 rings (SSSR count). The molecule has 118 valence electrons. The first kappa shape index (κ1) is 15.3. The molecule has 0 bridgehead atoms. The summed E-state index contributed by atoms with van der Waals surface area (Å²) in [4.78, 5) is 12.9. The van der Waals surface area contributed by atoms with Gasteiger partial charge < -0.3 is 5.32 Å². The summed E-state index contributed by atoms with van der Waals surface area (Å²) in [7, 11) is -3.67. The molecule has 0 radical (unpaired) electrons. The van der Waals surface area contributed by atoms with Crippen molar-refractivity contribution < 1.29 is 8.42 Å². The second kappa shape index (κ2) is 5.90. The van der Waals surface area contributed by atoms with Crippen molar-refractivity contribution in [3.8, 4) is 0 Å². The smallest absolute Gasteiger partial charge is 0.238 e. The summed E-state index contributed by atoms with van der Waals surface area (Å²) in [5.74, 6) is 0.634. The van der Waals surface area contributed by atoms with E-state index in [4.69, 9.17) is 5.14 Å². The van der Waals surface area contributed by atoms with Crippen LogP contribution in [0.4, 0.5) is 5.82 Å². The number of rotatable bonds is 4. The number of aryl methyl sites for hydroxylation is 1. The van der Waals surface area contributed by atoms with Gasteiger partial charge in [-0.2, -0.15) is 0 Å². The van der Waals surface area contributed by atoms with Gasteiger partial charge in [0, 0.05) is 12.2 Å². The quantitative estimate of drug-likeness (QED) is 0.752. The molecule has 0 atom stereocenters. The van der Waals surface area contributed by atoms with Crippen molar-refractivity contribution in [3.63, 3.8) is 0 Å². The predicted molar refractivity (Wildman–Crippen MR) is 87.2 cm³/mol. The normalized spacial score (nSPS) is 11.6. The molecule has 2 aromatic heterocycles. The zero-order valence-electron chi connectivity index (χ0n) is 12.4. The third-order valence-corrected chi connectivity index (χ3v) is 4.26. The lowest BCUT2D eigenvalue weighted by atomic mass is 10.2. The SMILES string of the molecule is Cc1ccc2ncnc(NCc3ccc(S(N)(=O)=O)cc3)c2n1. The van der Waals surface area contributed by atoms with E-state index in [1.54, 1.807) is 12.1 Å². The maximum atomic E-state index is 11.2. The van der Waals surface area contributed by atoms with Crippen LogP contribution in [-0.4, -0.2) is 23.4 Å². The Hall–Kier alpha value is -2.58. The number of pyridine rings is 1. The molecule has 0 fully saturated rings. The van der Waals surface area contributed by atoms with Crippen LogP contribution < -0.4 is 10.5 Å². The first-order valence-corrected chi connectivity index (χ1v) is 8.42. The van der Waals surface area contributed by atoms with Gasteiger partial charge in [-0.25, -0.2) is 28.5 Å². The molecular formula is C15H15N5O2S. The summed E-state index contributed by atoms with van der Waals surface area (Å²) < 4.78 is 22.5. The van der Waals surface area contributed by atoms with Gasteiger partial charge >= 0.3 is 0 Å². The summed E-state index contributed by atoms with van der Waals surface area (Å²) in [6.07, 6.45) is 1.48. The minimum atomic E-state index is -3.67. The highest BCUT2D eigenvalue weighted by Crippen LogP contribution is 2.18. The number of aromatic nitrogens is 3. The Morgan fingerprint density at radius 1 is 1.09 bits per heavy atom. The number of sulfonamides is 1. The fraction of sp³-hybridized carbons (Fsp3) is 0.133. The standard InChI is InChI=1S/C15H15N5O2S/c1-10-2-7-13-14(20-10)15(19-9-18-13)17-8-11-3-5-12(6-4-11)23(16,21)22/h2-7,9H,8H2,1H3,(H2,16,21,22)(H,17,18,19). The molecule has 7 nitrogen and oxygen atoms in total. The lowest BCUT2D eigenvalue weighted by molar-refractivity contribution is 0.598. The molecule has 0 aliphatic rings. The third kappa shape index (κ3) is 3.43. The monoisotopic (exact) mass is 329 g/mol. The topological polar surface area (TPSA) is 111 Å². The Balaban J connectivity index is 1.82. The highest BCUT2D eigenvalue weighted by molar-refractivity contribution is 7.89. The minimum Gasteiger partial charge on any atom is -0.364 e. The van der Waals surface area contributed by atoms with Crippen molar-refractivity contribution in [2.45, 2.75) is 18.4 Å². The number of nitrogens with two attached hydrogens (primary N) is 1. The summed E-state index contributed by atoms with van der Waals surface area (Å²) in [6, 6.07) is 10.2. The molecule has 1 aromatic carbocycles. The van der Waals surface area contributed by atoms with E-state index >= 15 is 0 Å². The maximum absolute atomic E-state index is 11.2. The molecular weight excluding hydrogens is 314 g/mol. The van der Waals surface area contributed by atoms with Crippen LogP contribution in [0.25, 0.3) is 11.0 Å². The number of anilines is 1. The van der Waals surface area contributed by atoms with Crippen molar-refractivity contribution in [2.24, 2.45) is 5.14 Å². The first-order valence-electron chi connectivity index (χ1n) is 6.87. The van der Waals surface area contributed by atoms with Crippen molar-refractivity contribution in [1.82, 2.24) is 15.0 Å². The van der Waals surface area contributed by atoms with Crippen LogP contribution in [0.5, 0.6) is 0 Å². The highest BCUT2D eigenvalue weighted by atomic mass is 32.2. The third-order valence-electron chi connectivity index (χ3n) is 3.33. The minimum absolute atomic E-state index is 0.0889. The fourth-order valence-corrected chi connectivity index (χ4v) is 2.67. The van der Waals surface area contributed by atoms with E-state index in [1.807, 2.05) is 19.1 Å². The van der Waals surface area contributed by atoms with Crippen molar-refractivity contribution in [3.05, 3.63) is 54.0 Å². The van der Waals surface area contributed by atoms with Gasteiger partial charge in [0.1, 0.15) is 11.8 Å². The number of hydrogen-bond donors (Lipinski definition) is 2. The molecule has 0 saturated carbocycles. The van der Waals surface area contributed by atoms with Crippen LogP contribution in [0, 0.1) is 6.92 Å². The van der Waals surface area contributed by atoms with E-state index in [2.05, 4.69) is 20.3 Å². The number of primary sulfonamides is 1. The molecule has 2 heterocycles. The predicted octanol–water partition coefficient (Wildman–Crippen LogP) is 1.59. The summed E-state index contributed by atoms with van der Waals surface area (Å²) in [5.41, 5.74) is 3.25. The van der Waals surface area contributed by atoms with E-state index in [0.29, 0.717) is 17.9 Å². The molecule has 3 N–H and O–H groups in total. The van der Waals surface area contributed by atoms with Gasteiger partial charge in [-0.05, 0) is 36.8 Å².